The van der Waals surface area contributed by atoms with Crippen LogP contribution in [0, 0.1) is 11.3 Å². The molecular weight excluding hydrogens is 242 g/mol. The standard InChI is InChI=1S/C12H22F2N2O2/c1-2-9(8-16-7-6-11(13)14)4-3-5-10(15)12(17)18/h9,11,15-16H,2-8H2,1H3,(H,17,18). The van der Waals surface area contributed by atoms with Crippen LogP contribution in [0.1, 0.15) is 39.0 Å². The molecule has 0 heterocycles. The summed E-state index contributed by atoms with van der Waals surface area (Å²) in [6, 6.07) is 0. The summed E-state index contributed by atoms with van der Waals surface area (Å²) in [6.07, 6.45) is 0.243. The van der Waals surface area contributed by atoms with E-state index in [1.165, 1.54) is 0 Å². The fraction of sp³-hybridized carbons (Fsp3) is 0.833. The van der Waals surface area contributed by atoms with Crippen molar-refractivity contribution >= 4 is 11.7 Å². The average molecular weight is 264 g/mol. The van der Waals surface area contributed by atoms with Gasteiger partial charge in [-0.25, -0.2) is 13.6 Å². The lowest BCUT2D eigenvalue weighted by molar-refractivity contribution is -0.129. The van der Waals surface area contributed by atoms with Gasteiger partial charge in [-0.2, -0.15) is 0 Å². The zero-order chi connectivity index (χ0) is 14.0. The van der Waals surface area contributed by atoms with E-state index in [-0.39, 0.29) is 18.6 Å². The lowest BCUT2D eigenvalue weighted by atomic mass is 9.98. The van der Waals surface area contributed by atoms with Gasteiger partial charge in [-0.3, -0.25) is 5.41 Å². The van der Waals surface area contributed by atoms with Gasteiger partial charge >= 0.3 is 5.97 Å². The SMILES string of the molecule is CCC(CCCC(=N)C(=O)O)CNCCC(F)F. The average Bonchev–Trinajstić information content (AvgIpc) is 2.31. The van der Waals surface area contributed by atoms with Crippen LogP contribution in [-0.2, 0) is 4.79 Å². The maximum atomic E-state index is 11.9. The number of halogens is 2. The van der Waals surface area contributed by atoms with Gasteiger partial charge in [0.25, 0.3) is 0 Å². The predicted molar refractivity (Wildman–Crippen MR) is 66.5 cm³/mol. The Morgan fingerprint density at radius 2 is 2.06 bits per heavy atom. The van der Waals surface area contributed by atoms with E-state index in [9.17, 15) is 13.6 Å². The normalized spacial score (nSPS) is 12.7. The Balaban J connectivity index is 3.64. The molecule has 6 heteroatoms. The summed E-state index contributed by atoms with van der Waals surface area (Å²) in [5, 5.41) is 18.7. The van der Waals surface area contributed by atoms with Gasteiger partial charge < -0.3 is 10.4 Å². The summed E-state index contributed by atoms with van der Waals surface area (Å²) >= 11 is 0. The summed E-state index contributed by atoms with van der Waals surface area (Å²) in [7, 11) is 0. The second-order valence-electron chi connectivity index (χ2n) is 4.33. The Morgan fingerprint density at radius 1 is 1.39 bits per heavy atom. The molecule has 4 nitrogen and oxygen atoms in total. The Kier molecular flexibility index (Phi) is 9.36. The van der Waals surface area contributed by atoms with Crippen LogP contribution in [0.4, 0.5) is 8.78 Å². The fourth-order valence-electron chi connectivity index (χ4n) is 1.64. The zero-order valence-electron chi connectivity index (χ0n) is 10.7. The van der Waals surface area contributed by atoms with Crippen molar-refractivity contribution in [2.75, 3.05) is 13.1 Å². The first-order valence-corrected chi connectivity index (χ1v) is 6.26. The molecule has 0 aliphatic carbocycles. The van der Waals surface area contributed by atoms with Crippen molar-refractivity contribution in [3.05, 3.63) is 0 Å². The molecule has 0 aliphatic heterocycles. The van der Waals surface area contributed by atoms with Crippen molar-refractivity contribution in [3.63, 3.8) is 0 Å². The van der Waals surface area contributed by atoms with Crippen molar-refractivity contribution in [2.24, 2.45) is 5.92 Å². The molecule has 0 saturated carbocycles. The first kappa shape index (κ1) is 17.0. The molecule has 0 bridgehead atoms. The molecule has 0 amide bonds. The summed E-state index contributed by atoms with van der Waals surface area (Å²) < 4.78 is 23.8. The molecule has 0 aliphatic rings. The van der Waals surface area contributed by atoms with Crippen LogP contribution in [0.15, 0.2) is 0 Å². The van der Waals surface area contributed by atoms with E-state index in [0.717, 1.165) is 12.8 Å². The molecule has 0 rings (SSSR count). The van der Waals surface area contributed by atoms with Crippen LogP contribution in [0.3, 0.4) is 0 Å². The quantitative estimate of drug-likeness (QED) is 0.396. The second-order valence-corrected chi connectivity index (χ2v) is 4.33. The fourth-order valence-corrected chi connectivity index (χ4v) is 1.64. The van der Waals surface area contributed by atoms with Crippen LogP contribution in [0.2, 0.25) is 0 Å². The van der Waals surface area contributed by atoms with E-state index in [2.05, 4.69) is 5.32 Å². The molecule has 0 aromatic carbocycles. The highest BCUT2D eigenvalue weighted by molar-refractivity contribution is 6.34. The van der Waals surface area contributed by atoms with Crippen LogP contribution >= 0.6 is 0 Å². The van der Waals surface area contributed by atoms with Crippen molar-refractivity contribution < 1.29 is 18.7 Å². The third-order valence-electron chi connectivity index (χ3n) is 2.85. The van der Waals surface area contributed by atoms with Gasteiger partial charge in [0.05, 0.1) is 0 Å². The summed E-state index contributed by atoms with van der Waals surface area (Å²) in [6.45, 7) is 2.99. The van der Waals surface area contributed by atoms with Gasteiger partial charge in [0, 0.05) is 13.0 Å². The molecule has 18 heavy (non-hydrogen) atoms. The van der Waals surface area contributed by atoms with Crippen molar-refractivity contribution in [1.29, 1.82) is 5.41 Å². The predicted octanol–water partition coefficient (Wildman–Crippen LogP) is 2.53. The van der Waals surface area contributed by atoms with Gasteiger partial charge in [-0.1, -0.05) is 13.3 Å². The number of hydrogen-bond acceptors (Lipinski definition) is 3. The Bertz CT molecular complexity index is 260. The highest BCUT2D eigenvalue weighted by Crippen LogP contribution is 2.12. The largest absolute Gasteiger partial charge is 0.477 e. The molecule has 0 radical (unpaired) electrons. The third kappa shape index (κ3) is 9.04. The van der Waals surface area contributed by atoms with Crippen LogP contribution < -0.4 is 5.32 Å². The Labute approximate surface area is 106 Å². The van der Waals surface area contributed by atoms with E-state index in [4.69, 9.17) is 10.5 Å². The van der Waals surface area contributed by atoms with Crippen molar-refractivity contribution in [3.8, 4) is 0 Å². The van der Waals surface area contributed by atoms with Gasteiger partial charge in [0.2, 0.25) is 6.43 Å². The molecular formula is C12H22F2N2O2. The number of carboxylic acids is 1. The topological polar surface area (TPSA) is 73.2 Å². The van der Waals surface area contributed by atoms with E-state index in [0.29, 0.717) is 25.4 Å². The number of aliphatic carboxylic acids is 1. The zero-order valence-corrected chi connectivity index (χ0v) is 10.7. The number of hydrogen-bond donors (Lipinski definition) is 3. The Morgan fingerprint density at radius 3 is 2.56 bits per heavy atom. The highest BCUT2D eigenvalue weighted by atomic mass is 19.3. The number of carbonyl (C=O) groups is 1. The summed E-state index contributed by atoms with van der Waals surface area (Å²) in [4.78, 5) is 10.4. The molecule has 1 atom stereocenters. The van der Waals surface area contributed by atoms with Crippen LogP contribution in [-0.4, -0.2) is 36.3 Å². The van der Waals surface area contributed by atoms with Crippen LogP contribution in [0.5, 0.6) is 0 Å². The van der Waals surface area contributed by atoms with Gasteiger partial charge in [-0.15, -0.1) is 0 Å². The minimum atomic E-state index is -2.27. The van der Waals surface area contributed by atoms with Gasteiger partial charge in [0.15, 0.2) is 0 Å². The number of rotatable bonds is 11. The molecule has 0 aromatic rings. The summed E-state index contributed by atoms with van der Waals surface area (Å²) in [5.41, 5.74) is -0.268. The van der Waals surface area contributed by atoms with Gasteiger partial charge in [0.1, 0.15) is 5.71 Å². The first-order valence-electron chi connectivity index (χ1n) is 6.26. The van der Waals surface area contributed by atoms with E-state index in [1.54, 1.807) is 0 Å². The number of carboxylic acid groups (broad SMARTS) is 1. The first-order chi connectivity index (χ1) is 8.47. The number of nitrogens with one attached hydrogen (secondary N) is 2. The van der Waals surface area contributed by atoms with Gasteiger partial charge in [-0.05, 0) is 31.7 Å². The molecule has 106 valence electrons. The minimum Gasteiger partial charge on any atom is -0.477 e. The van der Waals surface area contributed by atoms with E-state index >= 15 is 0 Å². The van der Waals surface area contributed by atoms with Crippen molar-refractivity contribution in [1.82, 2.24) is 5.32 Å². The smallest absolute Gasteiger partial charge is 0.349 e. The summed E-state index contributed by atoms with van der Waals surface area (Å²) in [5.74, 6) is -0.817. The Hall–Kier alpha value is -1.04. The number of alkyl halides is 2. The van der Waals surface area contributed by atoms with E-state index in [1.807, 2.05) is 6.92 Å². The van der Waals surface area contributed by atoms with Crippen LogP contribution in [0.25, 0.3) is 0 Å². The van der Waals surface area contributed by atoms with Crippen molar-refractivity contribution in [2.45, 2.75) is 45.5 Å². The molecule has 0 saturated heterocycles. The maximum Gasteiger partial charge on any atom is 0.349 e. The molecule has 0 fully saturated rings. The highest BCUT2D eigenvalue weighted by Gasteiger charge is 2.10. The maximum absolute atomic E-state index is 11.9. The minimum absolute atomic E-state index is 0.139. The second kappa shape index (κ2) is 9.94. The van der Waals surface area contributed by atoms with E-state index < -0.39 is 12.4 Å². The molecule has 0 aromatic heterocycles. The molecule has 0 spiro atoms. The lowest BCUT2D eigenvalue weighted by Crippen LogP contribution is -2.25. The third-order valence-corrected chi connectivity index (χ3v) is 2.85. The molecule has 1 unspecified atom stereocenters. The monoisotopic (exact) mass is 264 g/mol. The molecule has 3 N–H and O–H groups in total. The lowest BCUT2D eigenvalue weighted by Gasteiger charge is -2.15.